The van der Waals surface area contributed by atoms with E-state index in [1.165, 1.54) is 5.56 Å². The molecule has 0 spiro atoms. The summed E-state index contributed by atoms with van der Waals surface area (Å²) in [7, 11) is 3.46. The average molecular weight is 550 g/mol. The van der Waals surface area contributed by atoms with Crippen LogP contribution in [0.4, 0.5) is 5.69 Å². The number of rotatable bonds is 13. The second-order valence-electron chi connectivity index (χ2n) is 10.7. The van der Waals surface area contributed by atoms with Crippen LogP contribution in [0.25, 0.3) is 0 Å². The van der Waals surface area contributed by atoms with E-state index in [2.05, 4.69) is 57.6 Å². The fourth-order valence-electron chi connectivity index (χ4n) is 6.03. The van der Waals surface area contributed by atoms with E-state index in [0.717, 1.165) is 74.7 Å². The van der Waals surface area contributed by atoms with E-state index in [9.17, 15) is 0 Å². The van der Waals surface area contributed by atoms with Gasteiger partial charge in [-0.25, -0.2) is 9.67 Å². The molecule has 3 heterocycles. The van der Waals surface area contributed by atoms with Crippen molar-refractivity contribution in [2.24, 2.45) is 0 Å². The van der Waals surface area contributed by atoms with Crippen LogP contribution in [0, 0.1) is 0 Å². The number of ether oxygens (including phenoxy) is 4. The second kappa shape index (κ2) is 14.0. The van der Waals surface area contributed by atoms with Crippen LogP contribution < -0.4 is 19.7 Å². The van der Waals surface area contributed by atoms with E-state index in [-0.39, 0.29) is 24.1 Å². The number of nitrogens with zero attached hydrogens (tertiary/aromatic N) is 4. The van der Waals surface area contributed by atoms with Crippen molar-refractivity contribution in [2.75, 3.05) is 52.0 Å². The minimum absolute atomic E-state index is 0.0350. The van der Waals surface area contributed by atoms with Gasteiger partial charge in [0.05, 0.1) is 38.1 Å². The maximum Gasteiger partial charge on any atom is 0.142 e. The lowest BCUT2D eigenvalue weighted by Gasteiger charge is -2.40. The van der Waals surface area contributed by atoms with E-state index in [0.29, 0.717) is 13.2 Å². The van der Waals surface area contributed by atoms with E-state index in [4.69, 9.17) is 18.9 Å². The quantitative estimate of drug-likeness (QED) is 0.310. The lowest BCUT2D eigenvalue weighted by Crippen LogP contribution is -2.50. The highest BCUT2D eigenvalue weighted by Crippen LogP contribution is 2.37. The highest BCUT2D eigenvalue weighted by molar-refractivity contribution is 5.61. The molecule has 3 aromatic rings. The Bertz CT molecular complexity index is 1170. The molecule has 4 atom stereocenters. The van der Waals surface area contributed by atoms with E-state index < -0.39 is 0 Å². The standard InChI is InChI=1S/C31H43N5O4/c1-4-6-28(36-22-32-21-34-36)27-18-26(24-8-10-25(38-3)11-9-24)31(19-33-27)40-20-23-7-12-30-29(17-23)35(14-16-39-30)13-5-15-37-2/h7-12,17,21-22,26-28,31,33H,4-6,13-16,18-20H2,1-3H3/t26-,27-,28-,31+/m1/s1. The Kier molecular flexibility index (Phi) is 9.91. The summed E-state index contributed by atoms with van der Waals surface area (Å²) < 4.78 is 25.3. The number of hydrogen-bond donors (Lipinski definition) is 1. The molecule has 216 valence electrons. The SMILES string of the molecule is CCC[C@H]([C@H]1C[C@H](c2ccc(OC)cc2)[C@@H](OCc2ccc3c(c2)N(CCCOC)CCO3)CN1)n1cncn1. The first-order valence-electron chi connectivity index (χ1n) is 14.5. The van der Waals surface area contributed by atoms with Gasteiger partial charge >= 0.3 is 0 Å². The predicted octanol–water partition coefficient (Wildman–Crippen LogP) is 4.59. The number of aromatic nitrogens is 3. The zero-order chi connectivity index (χ0) is 27.7. The minimum Gasteiger partial charge on any atom is -0.497 e. The fourth-order valence-corrected chi connectivity index (χ4v) is 6.03. The molecular formula is C31H43N5O4. The number of anilines is 1. The molecule has 0 aliphatic carbocycles. The Balaban J connectivity index is 1.32. The summed E-state index contributed by atoms with van der Waals surface area (Å²) in [6, 6.07) is 15.4. The molecule has 1 N–H and O–H groups in total. The molecule has 2 aliphatic heterocycles. The van der Waals surface area contributed by atoms with Crippen LogP contribution in [-0.4, -0.2) is 74.0 Å². The largest absolute Gasteiger partial charge is 0.497 e. The zero-order valence-corrected chi connectivity index (χ0v) is 24.0. The molecule has 1 aromatic heterocycles. The van der Waals surface area contributed by atoms with Gasteiger partial charge in [0.1, 0.15) is 30.8 Å². The average Bonchev–Trinajstić information content (AvgIpc) is 3.54. The van der Waals surface area contributed by atoms with Crippen LogP contribution >= 0.6 is 0 Å². The van der Waals surface area contributed by atoms with Gasteiger partial charge in [0, 0.05) is 38.8 Å². The normalized spacial score (nSPS) is 21.5. The number of benzene rings is 2. The smallest absolute Gasteiger partial charge is 0.142 e. The summed E-state index contributed by atoms with van der Waals surface area (Å²) in [5, 5.41) is 8.30. The van der Waals surface area contributed by atoms with Gasteiger partial charge in [-0.05, 0) is 54.7 Å². The second-order valence-corrected chi connectivity index (χ2v) is 10.7. The molecule has 2 aliphatic rings. The first-order valence-corrected chi connectivity index (χ1v) is 14.5. The Morgan fingerprint density at radius 1 is 1.15 bits per heavy atom. The zero-order valence-electron chi connectivity index (χ0n) is 24.0. The lowest BCUT2D eigenvalue weighted by atomic mass is 9.81. The van der Waals surface area contributed by atoms with Crippen molar-refractivity contribution in [2.45, 2.75) is 63.3 Å². The van der Waals surface area contributed by atoms with Crippen LogP contribution in [0.5, 0.6) is 11.5 Å². The third kappa shape index (κ3) is 6.77. The summed E-state index contributed by atoms with van der Waals surface area (Å²) in [5.74, 6) is 2.05. The number of nitrogens with one attached hydrogen (secondary N) is 1. The molecular weight excluding hydrogens is 506 g/mol. The third-order valence-electron chi connectivity index (χ3n) is 8.13. The molecule has 0 saturated carbocycles. The Morgan fingerprint density at radius 3 is 2.77 bits per heavy atom. The van der Waals surface area contributed by atoms with Crippen molar-refractivity contribution in [1.29, 1.82) is 0 Å². The van der Waals surface area contributed by atoms with E-state index in [1.54, 1.807) is 20.5 Å². The first-order chi connectivity index (χ1) is 19.7. The monoisotopic (exact) mass is 549 g/mol. The highest BCUT2D eigenvalue weighted by atomic mass is 16.5. The molecule has 5 rings (SSSR count). The first kappa shape index (κ1) is 28.4. The number of methoxy groups -OCH3 is 2. The van der Waals surface area contributed by atoms with Crippen molar-refractivity contribution >= 4 is 5.69 Å². The summed E-state index contributed by atoms with van der Waals surface area (Å²) in [6.07, 6.45) is 7.56. The number of hydrogen-bond acceptors (Lipinski definition) is 8. The van der Waals surface area contributed by atoms with Gasteiger partial charge in [-0.3, -0.25) is 0 Å². The Hall–Kier alpha value is -3.14. The van der Waals surface area contributed by atoms with Crippen molar-refractivity contribution in [3.8, 4) is 11.5 Å². The van der Waals surface area contributed by atoms with E-state index in [1.807, 2.05) is 23.1 Å². The van der Waals surface area contributed by atoms with Crippen LogP contribution in [0.15, 0.2) is 55.1 Å². The Morgan fingerprint density at radius 2 is 2.02 bits per heavy atom. The third-order valence-corrected chi connectivity index (χ3v) is 8.13. The molecule has 40 heavy (non-hydrogen) atoms. The molecule has 0 bridgehead atoms. The van der Waals surface area contributed by atoms with Crippen molar-refractivity contribution in [1.82, 2.24) is 20.1 Å². The molecule has 9 heteroatoms. The molecule has 9 nitrogen and oxygen atoms in total. The van der Waals surface area contributed by atoms with Crippen LogP contribution in [0.1, 0.15) is 55.7 Å². The van der Waals surface area contributed by atoms with Crippen molar-refractivity contribution in [3.63, 3.8) is 0 Å². The van der Waals surface area contributed by atoms with Gasteiger partial charge in [-0.2, -0.15) is 5.10 Å². The van der Waals surface area contributed by atoms with Crippen LogP contribution in [0.3, 0.4) is 0 Å². The molecule has 1 fully saturated rings. The van der Waals surface area contributed by atoms with Gasteiger partial charge in [-0.15, -0.1) is 0 Å². The maximum absolute atomic E-state index is 6.69. The van der Waals surface area contributed by atoms with Gasteiger partial charge in [0.15, 0.2) is 0 Å². The van der Waals surface area contributed by atoms with Gasteiger partial charge in [0.2, 0.25) is 0 Å². The molecule has 0 amide bonds. The van der Waals surface area contributed by atoms with Crippen molar-refractivity contribution in [3.05, 3.63) is 66.2 Å². The molecule has 0 radical (unpaired) electrons. The fraction of sp³-hybridized carbons (Fsp3) is 0.548. The summed E-state index contributed by atoms with van der Waals surface area (Å²) in [5.41, 5.74) is 3.57. The summed E-state index contributed by atoms with van der Waals surface area (Å²) in [6.45, 7) is 6.85. The molecule has 1 saturated heterocycles. The lowest BCUT2D eigenvalue weighted by molar-refractivity contribution is -0.00237. The Labute approximate surface area is 237 Å². The molecule has 0 unspecified atom stereocenters. The van der Waals surface area contributed by atoms with E-state index >= 15 is 0 Å². The summed E-state index contributed by atoms with van der Waals surface area (Å²) >= 11 is 0. The van der Waals surface area contributed by atoms with Gasteiger partial charge < -0.3 is 29.2 Å². The highest BCUT2D eigenvalue weighted by Gasteiger charge is 2.36. The van der Waals surface area contributed by atoms with Gasteiger partial charge in [0.25, 0.3) is 0 Å². The van der Waals surface area contributed by atoms with Crippen LogP contribution in [-0.2, 0) is 16.1 Å². The predicted molar refractivity (Wildman–Crippen MR) is 155 cm³/mol. The maximum atomic E-state index is 6.69. The number of fused-ring (bicyclic) bond motifs is 1. The molecule has 2 aromatic carbocycles. The van der Waals surface area contributed by atoms with Crippen molar-refractivity contribution < 1.29 is 18.9 Å². The van der Waals surface area contributed by atoms with Gasteiger partial charge in [-0.1, -0.05) is 31.5 Å². The van der Waals surface area contributed by atoms with Crippen LogP contribution in [0.2, 0.25) is 0 Å². The summed E-state index contributed by atoms with van der Waals surface area (Å²) in [4.78, 5) is 6.61. The number of piperidine rings is 1. The topological polar surface area (TPSA) is 82.9 Å². The minimum atomic E-state index is 0.0350.